The Bertz CT molecular complexity index is 857. The number of anilines is 1. The number of aromatic nitrogens is 2. The maximum absolute atomic E-state index is 13.6. The fourth-order valence-corrected chi connectivity index (χ4v) is 2.70. The van der Waals surface area contributed by atoms with Gasteiger partial charge in [-0.2, -0.15) is 0 Å². The molecule has 0 saturated heterocycles. The van der Waals surface area contributed by atoms with Gasteiger partial charge in [0.1, 0.15) is 5.82 Å². The van der Waals surface area contributed by atoms with Crippen LogP contribution in [-0.4, -0.2) is 16.2 Å². The van der Waals surface area contributed by atoms with Gasteiger partial charge in [0.05, 0.1) is 11.4 Å². The van der Waals surface area contributed by atoms with Gasteiger partial charge in [0.15, 0.2) is 5.82 Å². The van der Waals surface area contributed by atoms with Crippen LogP contribution in [0.5, 0.6) is 0 Å². The zero-order chi connectivity index (χ0) is 16.9. The maximum atomic E-state index is 13.6. The first-order chi connectivity index (χ1) is 11.7. The highest BCUT2D eigenvalue weighted by atomic mass is 19.1. The van der Waals surface area contributed by atoms with Gasteiger partial charge in [0, 0.05) is 11.6 Å². The zero-order valence-electron chi connectivity index (χ0n) is 13.4. The summed E-state index contributed by atoms with van der Waals surface area (Å²) in [7, 11) is 0. The van der Waals surface area contributed by atoms with Crippen LogP contribution in [0.1, 0.15) is 18.9 Å². The van der Waals surface area contributed by atoms with E-state index in [0.717, 1.165) is 24.1 Å². The van der Waals surface area contributed by atoms with Crippen molar-refractivity contribution in [2.75, 3.05) is 5.32 Å². The largest absolute Gasteiger partial charge is 0.312 e. The molecule has 0 unspecified atom stereocenters. The summed E-state index contributed by atoms with van der Waals surface area (Å²) in [5.41, 5.74) is 3.59. The summed E-state index contributed by atoms with van der Waals surface area (Å²) in [6.07, 6.45) is 2.63. The number of hydrogen-bond acceptors (Lipinski definition) is 2. The topological polar surface area (TPSA) is 46.9 Å². The van der Waals surface area contributed by atoms with E-state index in [-0.39, 0.29) is 5.82 Å². The second kappa shape index (κ2) is 7.08. The van der Waals surface area contributed by atoms with E-state index in [9.17, 15) is 9.18 Å². The number of carbonyl (C=O) groups excluding carboxylic acids is 1. The standard InChI is InChI=1S/C19H18FN3O/c1-2-5-14-6-3-7-15(10-14)18-12-19(21-13-24)22-23(18)17-9-4-8-16(20)11-17/h3-4,6-13H,2,5H2,1H3,(H,21,22,24). The maximum Gasteiger partial charge on any atom is 0.212 e. The lowest BCUT2D eigenvalue weighted by atomic mass is 10.0. The van der Waals surface area contributed by atoms with Gasteiger partial charge in [0.2, 0.25) is 6.41 Å². The molecule has 0 aliphatic heterocycles. The Morgan fingerprint density at radius 3 is 2.75 bits per heavy atom. The molecular weight excluding hydrogens is 305 g/mol. The van der Waals surface area contributed by atoms with Crippen LogP contribution in [0.4, 0.5) is 10.2 Å². The number of aryl methyl sites for hydroxylation is 1. The molecule has 24 heavy (non-hydrogen) atoms. The summed E-state index contributed by atoms with van der Waals surface area (Å²) >= 11 is 0. The minimum absolute atomic E-state index is 0.335. The molecule has 0 saturated carbocycles. The fourth-order valence-electron chi connectivity index (χ4n) is 2.70. The number of nitrogens with one attached hydrogen (secondary N) is 1. The molecule has 0 fully saturated rings. The van der Waals surface area contributed by atoms with Crippen LogP contribution in [-0.2, 0) is 11.2 Å². The van der Waals surface area contributed by atoms with E-state index in [4.69, 9.17) is 0 Å². The van der Waals surface area contributed by atoms with Crippen LogP contribution in [0.2, 0.25) is 0 Å². The Kier molecular flexibility index (Phi) is 4.70. The molecular formula is C19H18FN3O. The molecule has 5 heteroatoms. The second-order valence-corrected chi connectivity index (χ2v) is 5.52. The number of carbonyl (C=O) groups is 1. The highest BCUT2D eigenvalue weighted by Gasteiger charge is 2.12. The summed E-state index contributed by atoms with van der Waals surface area (Å²) in [6, 6.07) is 16.2. The van der Waals surface area contributed by atoms with E-state index in [1.807, 2.05) is 12.1 Å². The number of rotatable bonds is 6. The van der Waals surface area contributed by atoms with E-state index >= 15 is 0 Å². The van der Waals surface area contributed by atoms with Crippen molar-refractivity contribution in [2.24, 2.45) is 0 Å². The van der Waals surface area contributed by atoms with Crippen molar-refractivity contribution in [1.82, 2.24) is 9.78 Å². The first-order valence-electron chi connectivity index (χ1n) is 7.86. The SMILES string of the molecule is CCCc1cccc(-c2cc(NC=O)nn2-c2cccc(F)c2)c1. The molecule has 1 aromatic heterocycles. The summed E-state index contributed by atoms with van der Waals surface area (Å²) in [4.78, 5) is 10.7. The van der Waals surface area contributed by atoms with E-state index in [1.165, 1.54) is 17.7 Å². The van der Waals surface area contributed by atoms with Crippen LogP contribution < -0.4 is 5.32 Å². The number of hydrogen-bond donors (Lipinski definition) is 1. The molecule has 3 rings (SSSR count). The predicted octanol–water partition coefficient (Wildman–Crippen LogP) is 4.20. The summed E-state index contributed by atoms with van der Waals surface area (Å²) in [6.45, 7) is 2.13. The average Bonchev–Trinajstić information content (AvgIpc) is 3.00. The van der Waals surface area contributed by atoms with Gasteiger partial charge in [-0.3, -0.25) is 4.79 Å². The van der Waals surface area contributed by atoms with Crippen molar-refractivity contribution in [3.8, 4) is 16.9 Å². The summed E-state index contributed by atoms with van der Waals surface area (Å²) in [5.74, 6) is 0.0868. The molecule has 2 aromatic carbocycles. The first kappa shape index (κ1) is 15.9. The monoisotopic (exact) mass is 323 g/mol. The molecule has 0 radical (unpaired) electrons. The molecule has 1 amide bonds. The molecule has 122 valence electrons. The Labute approximate surface area is 139 Å². The van der Waals surface area contributed by atoms with Crippen LogP contribution in [0.3, 0.4) is 0 Å². The van der Waals surface area contributed by atoms with Crippen molar-refractivity contribution >= 4 is 12.2 Å². The number of nitrogens with zero attached hydrogens (tertiary/aromatic N) is 2. The van der Waals surface area contributed by atoms with E-state index in [2.05, 4.69) is 29.5 Å². The molecule has 0 bridgehead atoms. The van der Waals surface area contributed by atoms with Gasteiger partial charge in [-0.05, 0) is 36.2 Å². The molecule has 4 nitrogen and oxygen atoms in total. The minimum Gasteiger partial charge on any atom is -0.312 e. The smallest absolute Gasteiger partial charge is 0.212 e. The van der Waals surface area contributed by atoms with Crippen LogP contribution in [0.25, 0.3) is 16.9 Å². The van der Waals surface area contributed by atoms with Crippen molar-refractivity contribution in [1.29, 1.82) is 0 Å². The van der Waals surface area contributed by atoms with Crippen molar-refractivity contribution in [3.63, 3.8) is 0 Å². The van der Waals surface area contributed by atoms with Gasteiger partial charge in [-0.25, -0.2) is 9.07 Å². The lowest BCUT2D eigenvalue weighted by Crippen LogP contribution is -2.01. The van der Waals surface area contributed by atoms with E-state index in [0.29, 0.717) is 17.9 Å². The van der Waals surface area contributed by atoms with Gasteiger partial charge in [0.25, 0.3) is 0 Å². The summed E-state index contributed by atoms with van der Waals surface area (Å²) < 4.78 is 15.2. The Hall–Kier alpha value is -2.95. The quantitative estimate of drug-likeness (QED) is 0.691. The van der Waals surface area contributed by atoms with Gasteiger partial charge >= 0.3 is 0 Å². The first-order valence-corrected chi connectivity index (χ1v) is 7.86. The number of halogens is 1. The van der Waals surface area contributed by atoms with E-state index < -0.39 is 0 Å². The lowest BCUT2D eigenvalue weighted by Gasteiger charge is -2.09. The third kappa shape index (κ3) is 3.35. The second-order valence-electron chi connectivity index (χ2n) is 5.52. The highest BCUT2D eigenvalue weighted by Crippen LogP contribution is 2.27. The van der Waals surface area contributed by atoms with Crippen molar-refractivity contribution in [3.05, 3.63) is 66.0 Å². The Balaban J connectivity index is 2.12. The normalized spacial score (nSPS) is 10.6. The van der Waals surface area contributed by atoms with E-state index in [1.54, 1.807) is 22.9 Å². The molecule has 0 spiro atoms. The van der Waals surface area contributed by atoms with Crippen LogP contribution >= 0.6 is 0 Å². The third-order valence-corrected chi connectivity index (χ3v) is 3.73. The van der Waals surface area contributed by atoms with Crippen LogP contribution in [0, 0.1) is 5.82 Å². The third-order valence-electron chi connectivity index (χ3n) is 3.73. The Morgan fingerprint density at radius 2 is 2.00 bits per heavy atom. The zero-order valence-corrected chi connectivity index (χ0v) is 13.4. The molecule has 3 aromatic rings. The van der Waals surface area contributed by atoms with Gasteiger partial charge in [-0.1, -0.05) is 37.6 Å². The molecule has 0 aliphatic rings. The van der Waals surface area contributed by atoms with Crippen molar-refractivity contribution in [2.45, 2.75) is 19.8 Å². The fraction of sp³-hybridized carbons (Fsp3) is 0.158. The molecule has 0 atom stereocenters. The average molecular weight is 323 g/mol. The molecule has 0 aliphatic carbocycles. The predicted molar refractivity (Wildman–Crippen MR) is 92.6 cm³/mol. The lowest BCUT2D eigenvalue weighted by molar-refractivity contribution is -0.105. The van der Waals surface area contributed by atoms with Crippen LogP contribution in [0.15, 0.2) is 54.6 Å². The molecule has 1 heterocycles. The summed E-state index contributed by atoms with van der Waals surface area (Å²) in [5, 5.41) is 6.93. The Morgan fingerprint density at radius 1 is 1.17 bits per heavy atom. The minimum atomic E-state index is -0.335. The highest BCUT2D eigenvalue weighted by molar-refractivity contribution is 5.74. The number of amides is 1. The van der Waals surface area contributed by atoms with Crippen molar-refractivity contribution < 1.29 is 9.18 Å². The van der Waals surface area contributed by atoms with Gasteiger partial charge in [-0.15, -0.1) is 5.10 Å². The number of benzene rings is 2. The molecule has 1 N–H and O–H groups in total. The van der Waals surface area contributed by atoms with Gasteiger partial charge < -0.3 is 5.32 Å².